The standard InChI is InChI=1S/C23H35N3O.C2HF3O2/c1-17-14-20(25-13-11-21(16-25)26-12-5-6-18(26)2)9-10-22(17)24-23(27)15-19-7-3-4-8-19;3-2(4,5)1(6)7/h9-10,14,18-19,21H,3-8,11-13,15-16H2,1-2H3,(H,24,27);(H,6,7). The number of benzene rings is 1. The Hall–Kier alpha value is -2.29. The Bertz CT molecular complexity index is 856. The van der Waals surface area contributed by atoms with Gasteiger partial charge < -0.3 is 15.3 Å². The highest BCUT2D eigenvalue weighted by atomic mass is 19.4. The highest BCUT2D eigenvalue weighted by Gasteiger charge is 2.38. The van der Waals surface area contributed by atoms with Crippen molar-refractivity contribution < 1.29 is 27.9 Å². The van der Waals surface area contributed by atoms with Gasteiger partial charge in [-0.05, 0) is 82.2 Å². The fourth-order valence-electron chi connectivity index (χ4n) is 5.41. The summed E-state index contributed by atoms with van der Waals surface area (Å²) in [6.45, 7) is 8.04. The Labute approximate surface area is 199 Å². The number of carbonyl (C=O) groups is 2. The third-order valence-corrected chi connectivity index (χ3v) is 7.28. The average Bonchev–Trinajstić information content (AvgIpc) is 3.51. The van der Waals surface area contributed by atoms with Crippen LogP contribution in [-0.2, 0) is 9.59 Å². The van der Waals surface area contributed by atoms with Crippen molar-refractivity contribution in [1.82, 2.24) is 4.90 Å². The number of anilines is 2. The molecular weight excluding hydrogens is 447 g/mol. The van der Waals surface area contributed by atoms with E-state index in [1.54, 1.807) is 0 Å². The Morgan fingerprint density at radius 1 is 1.09 bits per heavy atom. The molecule has 190 valence electrons. The predicted molar refractivity (Wildman–Crippen MR) is 126 cm³/mol. The van der Waals surface area contributed by atoms with Gasteiger partial charge in [-0.1, -0.05) is 12.8 Å². The topological polar surface area (TPSA) is 72.9 Å². The van der Waals surface area contributed by atoms with Crippen LogP contribution in [-0.4, -0.2) is 59.8 Å². The van der Waals surface area contributed by atoms with Crippen molar-refractivity contribution in [3.05, 3.63) is 23.8 Å². The van der Waals surface area contributed by atoms with Crippen LogP contribution in [0.3, 0.4) is 0 Å². The van der Waals surface area contributed by atoms with Gasteiger partial charge in [0.1, 0.15) is 0 Å². The van der Waals surface area contributed by atoms with Gasteiger partial charge >= 0.3 is 12.1 Å². The number of alkyl halides is 3. The molecule has 1 aliphatic carbocycles. The van der Waals surface area contributed by atoms with Gasteiger partial charge in [0, 0.05) is 43.0 Å². The number of amides is 1. The van der Waals surface area contributed by atoms with Crippen molar-refractivity contribution in [2.75, 3.05) is 29.9 Å². The highest BCUT2D eigenvalue weighted by molar-refractivity contribution is 5.92. The number of rotatable bonds is 5. The van der Waals surface area contributed by atoms with Crippen LogP contribution in [0.15, 0.2) is 18.2 Å². The summed E-state index contributed by atoms with van der Waals surface area (Å²) in [5.74, 6) is -1.98. The summed E-state index contributed by atoms with van der Waals surface area (Å²) in [5, 5.41) is 10.3. The van der Waals surface area contributed by atoms with Gasteiger partial charge in [0.25, 0.3) is 0 Å². The average molecular weight is 484 g/mol. The minimum absolute atomic E-state index is 0.182. The van der Waals surface area contributed by atoms with Crippen molar-refractivity contribution in [1.29, 1.82) is 0 Å². The van der Waals surface area contributed by atoms with Crippen LogP contribution in [0.1, 0.15) is 63.9 Å². The Morgan fingerprint density at radius 2 is 1.76 bits per heavy atom. The summed E-state index contributed by atoms with van der Waals surface area (Å²) in [6, 6.07) is 7.99. The maximum atomic E-state index is 12.4. The van der Waals surface area contributed by atoms with Gasteiger partial charge in [0.05, 0.1) is 0 Å². The van der Waals surface area contributed by atoms with E-state index in [-0.39, 0.29) is 5.91 Å². The molecule has 0 radical (unpaired) electrons. The molecule has 0 bridgehead atoms. The lowest BCUT2D eigenvalue weighted by Crippen LogP contribution is -2.39. The second-order valence-electron chi connectivity index (χ2n) is 9.82. The molecule has 1 saturated carbocycles. The lowest BCUT2D eigenvalue weighted by atomic mass is 10.0. The lowest BCUT2D eigenvalue weighted by molar-refractivity contribution is -0.192. The lowest BCUT2D eigenvalue weighted by Gasteiger charge is -2.28. The molecule has 2 N–H and O–H groups in total. The molecule has 2 atom stereocenters. The monoisotopic (exact) mass is 483 g/mol. The van der Waals surface area contributed by atoms with E-state index in [4.69, 9.17) is 9.90 Å². The molecular formula is C25H36F3N3O3. The largest absolute Gasteiger partial charge is 0.490 e. The third-order valence-electron chi connectivity index (χ3n) is 7.28. The number of halogens is 3. The molecule has 34 heavy (non-hydrogen) atoms. The van der Waals surface area contributed by atoms with Gasteiger partial charge in [-0.15, -0.1) is 0 Å². The van der Waals surface area contributed by atoms with Crippen LogP contribution in [0.4, 0.5) is 24.5 Å². The van der Waals surface area contributed by atoms with Crippen molar-refractivity contribution in [2.24, 2.45) is 5.92 Å². The molecule has 2 unspecified atom stereocenters. The van der Waals surface area contributed by atoms with E-state index >= 15 is 0 Å². The van der Waals surface area contributed by atoms with Crippen LogP contribution in [0, 0.1) is 12.8 Å². The molecule has 2 heterocycles. The first-order valence-corrected chi connectivity index (χ1v) is 12.3. The van der Waals surface area contributed by atoms with Crippen LogP contribution >= 0.6 is 0 Å². The first-order chi connectivity index (χ1) is 16.0. The van der Waals surface area contributed by atoms with Crippen molar-refractivity contribution in [3.63, 3.8) is 0 Å². The number of likely N-dealkylation sites (tertiary alicyclic amines) is 1. The van der Waals surface area contributed by atoms with Crippen LogP contribution in [0.2, 0.25) is 0 Å². The molecule has 1 aromatic carbocycles. The number of carboxylic acid groups (broad SMARTS) is 1. The van der Waals surface area contributed by atoms with E-state index in [0.29, 0.717) is 18.4 Å². The fourth-order valence-corrected chi connectivity index (χ4v) is 5.41. The van der Waals surface area contributed by atoms with E-state index in [0.717, 1.165) is 24.8 Å². The first-order valence-electron chi connectivity index (χ1n) is 12.3. The number of hydrogen-bond acceptors (Lipinski definition) is 4. The second kappa shape index (κ2) is 11.4. The molecule has 2 saturated heterocycles. The molecule has 9 heteroatoms. The SMILES string of the molecule is Cc1cc(N2CCC(N3CCCC3C)C2)ccc1NC(=O)CC1CCCC1.O=C(O)C(F)(F)F. The summed E-state index contributed by atoms with van der Waals surface area (Å²) in [7, 11) is 0. The van der Waals surface area contributed by atoms with Gasteiger partial charge in [0.2, 0.25) is 5.91 Å². The zero-order chi connectivity index (χ0) is 24.9. The molecule has 4 rings (SSSR count). The number of aryl methyl sites for hydroxylation is 1. The normalized spacial score (nSPS) is 23.6. The van der Waals surface area contributed by atoms with Crippen LogP contribution in [0.25, 0.3) is 0 Å². The first kappa shape index (κ1) is 26.3. The molecule has 1 amide bonds. The van der Waals surface area contributed by atoms with E-state index in [1.165, 1.54) is 62.7 Å². The zero-order valence-corrected chi connectivity index (χ0v) is 20.0. The third kappa shape index (κ3) is 7.10. The number of nitrogens with zero attached hydrogens (tertiary/aromatic N) is 2. The Kier molecular flexibility index (Phi) is 8.84. The van der Waals surface area contributed by atoms with Crippen molar-refractivity contribution >= 4 is 23.3 Å². The molecule has 0 spiro atoms. The summed E-state index contributed by atoms with van der Waals surface area (Å²) >= 11 is 0. The summed E-state index contributed by atoms with van der Waals surface area (Å²) < 4.78 is 31.7. The molecule has 6 nitrogen and oxygen atoms in total. The van der Waals surface area contributed by atoms with Gasteiger partial charge in [-0.3, -0.25) is 9.69 Å². The zero-order valence-electron chi connectivity index (χ0n) is 20.0. The highest BCUT2D eigenvalue weighted by Crippen LogP contribution is 2.31. The van der Waals surface area contributed by atoms with E-state index in [1.807, 2.05) is 0 Å². The Morgan fingerprint density at radius 3 is 2.32 bits per heavy atom. The fraction of sp³-hybridized carbons (Fsp3) is 0.680. The molecule has 2 aliphatic heterocycles. The van der Waals surface area contributed by atoms with Crippen molar-refractivity contribution in [2.45, 2.75) is 83.5 Å². The number of aliphatic carboxylic acids is 1. The molecule has 1 aromatic rings. The maximum absolute atomic E-state index is 12.4. The smallest absolute Gasteiger partial charge is 0.475 e. The molecule has 0 aromatic heterocycles. The molecule has 3 fully saturated rings. The minimum Gasteiger partial charge on any atom is -0.475 e. The van der Waals surface area contributed by atoms with Crippen LogP contribution in [0.5, 0.6) is 0 Å². The van der Waals surface area contributed by atoms with Gasteiger partial charge in [-0.2, -0.15) is 13.2 Å². The van der Waals surface area contributed by atoms with Gasteiger partial charge in [0.15, 0.2) is 0 Å². The van der Waals surface area contributed by atoms with Gasteiger partial charge in [-0.25, -0.2) is 4.79 Å². The number of hydrogen-bond donors (Lipinski definition) is 2. The summed E-state index contributed by atoms with van der Waals surface area (Å²) in [6.07, 6.45) is 4.59. The number of carboxylic acids is 1. The van der Waals surface area contributed by atoms with E-state index in [2.05, 4.69) is 47.2 Å². The minimum atomic E-state index is -5.08. The second-order valence-corrected chi connectivity index (χ2v) is 9.82. The van der Waals surface area contributed by atoms with E-state index < -0.39 is 12.1 Å². The Balaban J connectivity index is 0.000000406. The maximum Gasteiger partial charge on any atom is 0.490 e. The number of carbonyl (C=O) groups excluding carboxylic acids is 1. The quantitative estimate of drug-likeness (QED) is 0.602. The van der Waals surface area contributed by atoms with Crippen molar-refractivity contribution in [3.8, 4) is 0 Å². The van der Waals surface area contributed by atoms with E-state index in [9.17, 15) is 18.0 Å². The van der Waals surface area contributed by atoms with Crippen LogP contribution < -0.4 is 10.2 Å². The predicted octanol–water partition coefficient (Wildman–Crippen LogP) is 5.21. The molecule has 3 aliphatic rings. The number of nitrogens with one attached hydrogen (secondary N) is 1. The summed E-state index contributed by atoms with van der Waals surface area (Å²) in [5.41, 5.74) is 3.45. The summed E-state index contributed by atoms with van der Waals surface area (Å²) in [4.78, 5) is 26.5.